The van der Waals surface area contributed by atoms with Crippen LogP contribution in [0.2, 0.25) is 0 Å². The third-order valence-electron chi connectivity index (χ3n) is 2.74. The number of pyridine rings is 1. The summed E-state index contributed by atoms with van der Waals surface area (Å²) in [5.41, 5.74) is 6.27. The molecule has 88 valence electrons. The van der Waals surface area contributed by atoms with Crippen LogP contribution in [0, 0.1) is 0 Å². The molecular formula is C12H19N3S. The Kier molecular flexibility index (Phi) is 4.68. The van der Waals surface area contributed by atoms with Crippen molar-refractivity contribution in [1.82, 2.24) is 4.98 Å². The zero-order valence-corrected chi connectivity index (χ0v) is 10.9. The van der Waals surface area contributed by atoms with Crippen LogP contribution in [-0.2, 0) is 0 Å². The summed E-state index contributed by atoms with van der Waals surface area (Å²) in [5.74, 6) is 0.946. The van der Waals surface area contributed by atoms with Gasteiger partial charge in [-0.05, 0) is 32.4 Å². The van der Waals surface area contributed by atoms with E-state index >= 15 is 0 Å². The standard InChI is InChI=1S/C12H19N3S/c1-4-9(3)15(5-2)11-8-6-7-10(14-11)12(13)16/h6-9H,4-5H2,1-3H3,(H2,13,16). The van der Waals surface area contributed by atoms with E-state index in [1.807, 2.05) is 18.2 Å². The van der Waals surface area contributed by atoms with E-state index in [-0.39, 0.29) is 0 Å². The van der Waals surface area contributed by atoms with E-state index in [1.54, 1.807) is 0 Å². The second kappa shape index (κ2) is 5.80. The minimum Gasteiger partial charge on any atom is -0.388 e. The lowest BCUT2D eigenvalue weighted by Crippen LogP contribution is -2.33. The summed E-state index contributed by atoms with van der Waals surface area (Å²) in [6, 6.07) is 6.26. The van der Waals surface area contributed by atoms with E-state index in [1.165, 1.54) is 0 Å². The van der Waals surface area contributed by atoms with E-state index in [2.05, 4.69) is 30.7 Å². The van der Waals surface area contributed by atoms with Gasteiger partial charge in [-0.2, -0.15) is 0 Å². The fourth-order valence-corrected chi connectivity index (χ4v) is 1.75. The molecule has 0 spiro atoms. The molecule has 0 amide bonds. The Labute approximate surface area is 103 Å². The molecule has 0 saturated heterocycles. The maximum absolute atomic E-state index is 5.58. The molecule has 1 aromatic heterocycles. The molecule has 16 heavy (non-hydrogen) atoms. The summed E-state index contributed by atoms with van der Waals surface area (Å²) in [6.07, 6.45) is 1.09. The van der Waals surface area contributed by atoms with Gasteiger partial charge in [0.05, 0.1) is 5.69 Å². The molecule has 0 aromatic carbocycles. The van der Waals surface area contributed by atoms with Crippen molar-refractivity contribution in [2.45, 2.75) is 33.2 Å². The molecule has 1 unspecified atom stereocenters. The van der Waals surface area contributed by atoms with E-state index in [9.17, 15) is 0 Å². The van der Waals surface area contributed by atoms with E-state index in [0.717, 1.165) is 18.8 Å². The maximum atomic E-state index is 5.58. The summed E-state index contributed by atoms with van der Waals surface area (Å²) >= 11 is 4.94. The van der Waals surface area contributed by atoms with Gasteiger partial charge in [-0.1, -0.05) is 25.2 Å². The molecule has 0 radical (unpaired) electrons. The van der Waals surface area contributed by atoms with E-state index < -0.39 is 0 Å². The molecule has 3 nitrogen and oxygen atoms in total. The predicted molar refractivity (Wildman–Crippen MR) is 72.9 cm³/mol. The van der Waals surface area contributed by atoms with Crippen molar-refractivity contribution in [3.05, 3.63) is 23.9 Å². The molecule has 1 heterocycles. The smallest absolute Gasteiger partial charge is 0.129 e. The highest BCUT2D eigenvalue weighted by atomic mass is 32.1. The fraction of sp³-hybridized carbons (Fsp3) is 0.500. The second-order valence-electron chi connectivity index (χ2n) is 3.79. The Hall–Kier alpha value is -1.16. The van der Waals surface area contributed by atoms with Crippen LogP contribution in [0.5, 0.6) is 0 Å². The van der Waals surface area contributed by atoms with Crippen LogP contribution in [0.15, 0.2) is 18.2 Å². The average Bonchev–Trinajstić information content (AvgIpc) is 2.30. The first-order chi connectivity index (χ1) is 7.60. The van der Waals surface area contributed by atoms with Crippen LogP contribution in [0.4, 0.5) is 5.82 Å². The van der Waals surface area contributed by atoms with Gasteiger partial charge in [-0.3, -0.25) is 0 Å². The predicted octanol–water partition coefficient (Wildman–Crippen LogP) is 2.34. The zero-order chi connectivity index (χ0) is 12.1. The molecule has 1 atom stereocenters. The van der Waals surface area contributed by atoms with E-state index in [4.69, 9.17) is 18.0 Å². The highest BCUT2D eigenvalue weighted by molar-refractivity contribution is 7.80. The number of aromatic nitrogens is 1. The van der Waals surface area contributed by atoms with Crippen molar-refractivity contribution in [2.24, 2.45) is 5.73 Å². The number of nitrogens with two attached hydrogens (primary N) is 1. The molecule has 1 aromatic rings. The molecule has 1 rings (SSSR count). The van der Waals surface area contributed by atoms with Crippen molar-refractivity contribution in [3.8, 4) is 0 Å². The van der Waals surface area contributed by atoms with Gasteiger partial charge in [0.25, 0.3) is 0 Å². The van der Waals surface area contributed by atoms with Crippen molar-refractivity contribution >= 4 is 23.0 Å². The molecule has 4 heteroatoms. The minimum atomic E-state index is 0.349. The van der Waals surface area contributed by atoms with Gasteiger partial charge in [-0.25, -0.2) is 4.98 Å². The molecular weight excluding hydrogens is 218 g/mol. The first-order valence-corrected chi connectivity index (χ1v) is 6.04. The van der Waals surface area contributed by atoms with Crippen molar-refractivity contribution in [1.29, 1.82) is 0 Å². The van der Waals surface area contributed by atoms with Gasteiger partial charge in [0, 0.05) is 12.6 Å². The monoisotopic (exact) mass is 237 g/mol. The largest absolute Gasteiger partial charge is 0.388 e. The van der Waals surface area contributed by atoms with Crippen molar-refractivity contribution < 1.29 is 0 Å². The van der Waals surface area contributed by atoms with Crippen molar-refractivity contribution in [3.63, 3.8) is 0 Å². The number of nitrogens with zero attached hydrogens (tertiary/aromatic N) is 2. The van der Waals surface area contributed by atoms with Crippen LogP contribution in [0.3, 0.4) is 0 Å². The van der Waals surface area contributed by atoms with Crippen LogP contribution >= 0.6 is 12.2 Å². The first-order valence-electron chi connectivity index (χ1n) is 5.63. The van der Waals surface area contributed by atoms with Gasteiger partial charge in [0.1, 0.15) is 10.8 Å². The van der Waals surface area contributed by atoms with Crippen LogP contribution in [0.1, 0.15) is 32.9 Å². The topological polar surface area (TPSA) is 42.1 Å². The molecule has 0 aliphatic carbocycles. The molecule has 2 N–H and O–H groups in total. The highest BCUT2D eigenvalue weighted by Crippen LogP contribution is 2.16. The Morgan fingerprint density at radius 3 is 2.69 bits per heavy atom. The molecule has 0 saturated carbocycles. The van der Waals surface area contributed by atoms with E-state index in [0.29, 0.717) is 16.7 Å². The summed E-state index contributed by atoms with van der Waals surface area (Å²) in [7, 11) is 0. The number of hydrogen-bond donors (Lipinski definition) is 1. The van der Waals surface area contributed by atoms with Gasteiger partial charge >= 0.3 is 0 Å². The lowest BCUT2D eigenvalue weighted by molar-refractivity contribution is 0.623. The number of anilines is 1. The number of thiocarbonyl (C=S) groups is 1. The number of rotatable bonds is 5. The fourth-order valence-electron chi connectivity index (χ4n) is 1.64. The minimum absolute atomic E-state index is 0.349. The van der Waals surface area contributed by atoms with Gasteiger partial charge < -0.3 is 10.6 Å². The first kappa shape index (κ1) is 12.9. The zero-order valence-electron chi connectivity index (χ0n) is 10.1. The second-order valence-corrected chi connectivity index (χ2v) is 4.23. The summed E-state index contributed by atoms with van der Waals surface area (Å²) in [6.45, 7) is 7.42. The van der Waals surface area contributed by atoms with Crippen LogP contribution < -0.4 is 10.6 Å². The van der Waals surface area contributed by atoms with Crippen LogP contribution in [-0.4, -0.2) is 22.6 Å². The molecule has 0 aliphatic heterocycles. The summed E-state index contributed by atoms with van der Waals surface area (Å²) in [4.78, 5) is 7.07. The third-order valence-corrected chi connectivity index (χ3v) is 2.95. The summed E-state index contributed by atoms with van der Waals surface area (Å²) < 4.78 is 0. The molecule has 0 aliphatic rings. The Morgan fingerprint density at radius 1 is 1.50 bits per heavy atom. The van der Waals surface area contributed by atoms with Crippen molar-refractivity contribution in [2.75, 3.05) is 11.4 Å². The third kappa shape index (κ3) is 2.92. The van der Waals surface area contributed by atoms with Gasteiger partial charge in [0.2, 0.25) is 0 Å². The number of hydrogen-bond acceptors (Lipinski definition) is 3. The summed E-state index contributed by atoms with van der Waals surface area (Å²) in [5, 5.41) is 0. The maximum Gasteiger partial charge on any atom is 0.129 e. The SMILES string of the molecule is CCC(C)N(CC)c1cccc(C(N)=S)n1. The Balaban J connectivity index is 3.01. The quantitative estimate of drug-likeness (QED) is 0.798. The Bertz CT molecular complexity index is 365. The highest BCUT2D eigenvalue weighted by Gasteiger charge is 2.12. The van der Waals surface area contributed by atoms with Crippen LogP contribution in [0.25, 0.3) is 0 Å². The van der Waals surface area contributed by atoms with Gasteiger partial charge in [0.15, 0.2) is 0 Å². The lowest BCUT2D eigenvalue weighted by atomic mass is 10.2. The lowest BCUT2D eigenvalue weighted by Gasteiger charge is -2.28. The molecule has 0 bridgehead atoms. The Morgan fingerprint density at radius 2 is 2.19 bits per heavy atom. The van der Waals surface area contributed by atoms with Gasteiger partial charge in [-0.15, -0.1) is 0 Å². The average molecular weight is 237 g/mol. The molecule has 0 fully saturated rings. The normalized spacial score (nSPS) is 12.2.